The van der Waals surface area contributed by atoms with E-state index >= 15 is 0 Å². The normalized spacial score (nSPS) is 11.5. The zero-order valence-corrected chi connectivity index (χ0v) is 16.7. The molecule has 2 rings (SSSR count). The Morgan fingerprint density at radius 1 is 1.15 bits per heavy atom. The number of anilines is 1. The van der Waals surface area contributed by atoms with Gasteiger partial charge in [0.15, 0.2) is 6.61 Å². The fourth-order valence-corrected chi connectivity index (χ4v) is 2.41. The summed E-state index contributed by atoms with van der Waals surface area (Å²) in [6.07, 6.45) is 0.873. The SMILES string of the molecule is CCC(C)NC(=O)c1ccc(NC(=O)COc2ccc(Br)c(C)c2)cc1. The van der Waals surface area contributed by atoms with Crippen molar-refractivity contribution >= 4 is 33.4 Å². The monoisotopic (exact) mass is 418 g/mol. The molecule has 2 N–H and O–H groups in total. The van der Waals surface area contributed by atoms with E-state index in [9.17, 15) is 9.59 Å². The van der Waals surface area contributed by atoms with Crippen LogP contribution < -0.4 is 15.4 Å². The molecular formula is C20H23BrN2O3. The maximum absolute atomic E-state index is 12.0. The first kappa shape index (κ1) is 20.0. The second kappa shape index (κ2) is 9.38. The minimum atomic E-state index is -0.262. The Morgan fingerprint density at radius 2 is 1.85 bits per heavy atom. The Hall–Kier alpha value is -2.34. The minimum Gasteiger partial charge on any atom is -0.484 e. The lowest BCUT2D eigenvalue weighted by Crippen LogP contribution is -2.31. The first-order chi connectivity index (χ1) is 12.4. The van der Waals surface area contributed by atoms with E-state index in [4.69, 9.17) is 4.74 Å². The third-order valence-corrected chi connectivity index (χ3v) is 4.81. The molecular weight excluding hydrogens is 396 g/mol. The number of amides is 2. The standard InChI is InChI=1S/C20H23BrN2O3/c1-4-14(3)22-20(25)15-5-7-16(8-6-15)23-19(24)12-26-17-9-10-18(21)13(2)11-17/h5-11,14H,4,12H2,1-3H3,(H,22,25)(H,23,24). The zero-order chi connectivity index (χ0) is 19.1. The number of halogens is 1. The lowest BCUT2D eigenvalue weighted by atomic mass is 10.1. The van der Waals surface area contributed by atoms with Crippen molar-refractivity contribution in [2.45, 2.75) is 33.2 Å². The van der Waals surface area contributed by atoms with E-state index in [-0.39, 0.29) is 24.5 Å². The van der Waals surface area contributed by atoms with Crippen molar-refractivity contribution in [3.05, 3.63) is 58.1 Å². The predicted octanol–water partition coefficient (Wildman–Crippen LogP) is 4.30. The van der Waals surface area contributed by atoms with E-state index in [0.717, 1.165) is 16.5 Å². The Kier molecular flexibility index (Phi) is 7.21. The van der Waals surface area contributed by atoms with E-state index in [0.29, 0.717) is 17.0 Å². The summed E-state index contributed by atoms with van der Waals surface area (Å²) in [6, 6.07) is 12.4. The van der Waals surface area contributed by atoms with Crippen molar-refractivity contribution in [3.63, 3.8) is 0 Å². The van der Waals surface area contributed by atoms with E-state index in [2.05, 4.69) is 26.6 Å². The summed E-state index contributed by atoms with van der Waals surface area (Å²) in [7, 11) is 0. The molecule has 26 heavy (non-hydrogen) atoms. The van der Waals surface area contributed by atoms with E-state index in [1.807, 2.05) is 32.9 Å². The van der Waals surface area contributed by atoms with Gasteiger partial charge >= 0.3 is 0 Å². The van der Waals surface area contributed by atoms with Gasteiger partial charge in [-0.25, -0.2) is 0 Å². The fourth-order valence-electron chi connectivity index (χ4n) is 2.17. The van der Waals surface area contributed by atoms with E-state index in [1.54, 1.807) is 30.3 Å². The molecule has 5 nitrogen and oxygen atoms in total. The smallest absolute Gasteiger partial charge is 0.262 e. The summed E-state index contributed by atoms with van der Waals surface area (Å²) in [5.41, 5.74) is 2.21. The quantitative estimate of drug-likeness (QED) is 0.703. The lowest BCUT2D eigenvalue weighted by Gasteiger charge is -2.12. The summed E-state index contributed by atoms with van der Waals surface area (Å²) in [5, 5.41) is 5.65. The molecule has 0 saturated heterocycles. The Bertz CT molecular complexity index is 775. The molecule has 6 heteroatoms. The van der Waals surface area contributed by atoms with Crippen LogP contribution in [0.25, 0.3) is 0 Å². The van der Waals surface area contributed by atoms with E-state index in [1.165, 1.54) is 0 Å². The molecule has 0 spiro atoms. The molecule has 0 aliphatic rings. The molecule has 1 unspecified atom stereocenters. The van der Waals surface area contributed by atoms with Crippen LogP contribution in [0.4, 0.5) is 5.69 Å². The van der Waals surface area contributed by atoms with Crippen LogP contribution in [-0.4, -0.2) is 24.5 Å². The van der Waals surface area contributed by atoms with E-state index < -0.39 is 0 Å². The topological polar surface area (TPSA) is 67.4 Å². The maximum atomic E-state index is 12.0. The van der Waals surface area contributed by atoms with Crippen LogP contribution in [0.5, 0.6) is 5.75 Å². The third-order valence-electron chi connectivity index (χ3n) is 3.92. The summed E-state index contributed by atoms with van der Waals surface area (Å²) >= 11 is 3.42. The Labute approximate surface area is 162 Å². The van der Waals surface area contributed by atoms with Crippen LogP contribution in [0, 0.1) is 6.92 Å². The van der Waals surface area contributed by atoms with Crippen LogP contribution in [0.15, 0.2) is 46.9 Å². The second-order valence-corrected chi connectivity index (χ2v) is 6.96. The van der Waals surface area contributed by atoms with Gasteiger partial charge in [0, 0.05) is 21.8 Å². The van der Waals surface area contributed by atoms with Gasteiger partial charge in [-0.15, -0.1) is 0 Å². The molecule has 0 radical (unpaired) electrons. The Balaban J connectivity index is 1.86. The Morgan fingerprint density at radius 3 is 2.46 bits per heavy atom. The molecule has 1 atom stereocenters. The highest BCUT2D eigenvalue weighted by atomic mass is 79.9. The highest BCUT2D eigenvalue weighted by Crippen LogP contribution is 2.21. The molecule has 0 aliphatic heterocycles. The maximum Gasteiger partial charge on any atom is 0.262 e. The molecule has 0 bridgehead atoms. The number of nitrogens with one attached hydrogen (secondary N) is 2. The largest absolute Gasteiger partial charge is 0.484 e. The molecule has 2 aromatic rings. The molecule has 0 saturated carbocycles. The van der Waals surface area contributed by atoms with Gasteiger partial charge in [0.2, 0.25) is 0 Å². The number of ether oxygens (including phenoxy) is 1. The van der Waals surface area contributed by atoms with Crippen LogP contribution in [0.3, 0.4) is 0 Å². The van der Waals surface area contributed by atoms with Gasteiger partial charge in [-0.3, -0.25) is 9.59 Å². The third kappa shape index (κ3) is 5.88. The van der Waals surface area contributed by atoms with Gasteiger partial charge in [-0.1, -0.05) is 22.9 Å². The molecule has 2 amide bonds. The summed E-state index contributed by atoms with van der Waals surface area (Å²) in [6.45, 7) is 5.84. The molecule has 0 fully saturated rings. The number of carbonyl (C=O) groups excluding carboxylic acids is 2. The highest BCUT2D eigenvalue weighted by Gasteiger charge is 2.09. The van der Waals surface area contributed by atoms with Crippen molar-refractivity contribution in [2.75, 3.05) is 11.9 Å². The molecule has 0 aromatic heterocycles. The summed E-state index contributed by atoms with van der Waals surface area (Å²) in [5.74, 6) is 0.256. The van der Waals surface area contributed by atoms with Gasteiger partial charge in [0.1, 0.15) is 5.75 Å². The molecule has 2 aromatic carbocycles. The zero-order valence-electron chi connectivity index (χ0n) is 15.1. The summed E-state index contributed by atoms with van der Waals surface area (Å²) in [4.78, 5) is 24.1. The van der Waals surface area contributed by atoms with Crippen molar-refractivity contribution in [1.29, 1.82) is 0 Å². The molecule has 0 aliphatic carbocycles. The number of aryl methyl sites for hydroxylation is 1. The average Bonchev–Trinajstić information content (AvgIpc) is 2.63. The van der Waals surface area contributed by atoms with Crippen molar-refractivity contribution in [3.8, 4) is 5.75 Å². The van der Waals surface area contributed by atoms with Crippen molar-refractivity contribution < 1.29 is 14.3 Å². The van der Waals surface area contributed by atoms with Gasteiger partial charge in [-0.2, -0.15) is 0 Å². The number of hydrogen-bond acceptors (Lipinski definition) is 3. The second-order valence-electron chi connectivity index (χ2n) is 6.11. The molecule has 138 valence electrons. The van der Waals surface area contributed by atoms with Crippen LogP contribution in [0.2, 0.25) is 0 Å². The minimum absolute atomic E-state index is 0.0860. The first-order valence-corrected chi connectivity index (χ1v) is 9.28. The van der Waals surface area contributed by atoms with Crippen molar-refractivity contribution in [2.24, 2.45) is 0 Å². The number of rotatable bonds is 7. The number of benzene rings is 2. The summed E-state index contributed by atoms with van der Waals surface area (Å²) < 4.78 is 6.49. The van der Waals surface area contributed by atoms with Crippen molar-refractivity contribution in [1.82, 2.24) is 5.32 Å². The van der Waals surface area contributed by atoms with Crippen LogP contribution >= 0.6 is 15.9 Å². The highest BCUT2D eigenvalue weighted by molar-refractivity contribution is 9.10. The fraction of sp³-hybridized carbons (Fsp3) is 0.300. The van der Waals surface area contributed by atoms with Gasteiger partial charge in [0.25, 0.3) is 11.8 Å². The lowest BCUT2D eigenvalue weighted by molar-refractivity contribution is -0.118. The van der Waals surface area contributed by atoms with Gasteiger partial charge in [-0.05, 0) is 68.3 Å². The van der Waals surface area contributed by atoms with Gasteiger partial charge < -0.3 is 15.4 Å². The van der Waals surface area contributed by atoms with Crippen LogP contribution in [0.1, 0.15) is 36.2 Å². The molecule has 0 heterocycles. The predicted molar refractivity (Wildman–Crippen MR) is 107 cm³/mol. The van der Waals surface area contributed by atoms with Gasteiger partial charge in [0.05, 0.1) is 0 Å². The van der Waals surface area contributed by atoms with Crippen LogP contribution in [-0.2, 0) is 4.79 Å². The number of hydrogen-bond donors (Lipinski definition) is 2. The first-order valence-electron chi connectivity index (χ1n) is 8.48. The number of carbonyl (C=O) groups is 2. The average molecular weight is 419 g/mol.